The van der Waals surface area contributed by atoms with Crippen LogP contribution in [0.25, 0.3) is 0 Å². The Morgan fingerprint density at radius 2 is 1.81 bits per heavy atom. The van der Waals surface area contributed by atoms with Crippen LogP contribution in [0.3, 0.4) is 0 Å². The van der Waals surface area contributed by atoms with Crippen LogP contribution in [0.4, 0.5) is 0 Å². The third-order valence-corrected chi connectivity index (χ3v) is 4.75. The third-order valence-electron chi connectivity index (χ3n) is 3.63. The second kappa shape index (κ2) is 6.89. The number of nitrogens with zero attached hydrogens (tertiary/aromatic N) is 1. The molecule has 1 atom stereocenters. The quantitative estimate of drug-likeness (QED) is 0.630. The summed E-state index contributed by atoms with van der Waals surface area (Å²) in [4.78, 5) is 0.135. The van der Waals surface area contributed by atoms with Crippen LogP contribution in [-0.4, -0.2) is 14.1 Å². The van der Waals surface area contributed by atoms with E-state index in [0.717, 1.165) is 37.0 Å². The largest absolute Gasteiger partial charge is 0.358 e. The van der Waals surface area contributed by atoms with Gasteiger partial charge in [0.25, 0.3) is 0 Å². The van der Waals surface area contributed by atoms with Gasteiger partial charge >= 0.3 is 10.1 Å². The predicted octanol–water partition coefficient (Wildman–Crippen LogP) is 3.82. The maximum atomic E-state index is 12.1. The zero-order valence-corrected chi connectivity index (χ0v) is 13.3. The van der Waals surface area contributed by atoms with Gasteiger partial charge in [-0.2, -0.15) is 8.42 Å². The molecule has 1 aromatic carbocycles. The van der Waals surface area contributed by atoms with Crippen molar-refractivity contribution >= 4 is 15.8 Å². The number of allylic oxidation sites excluding steroid dienone is 2. The first-order valence-corrected chi connectivity index (χ1v) is 8.62. The maximum absolute atomic E-state index is 12.1. The van der Waals surface area contributed by atoms with Crippen molar-refractivity contribution in [1.82, 2.24) is 0 Å². The van der Waals surface area contributed by atoms with Crippen molar-refractivity contribution in [3.05, 3.63) is 42.0 Å². The highest BCUT2D eigenvalue weighted by molar-refractivity contribution is 7.86. The summed E-state index contributed by atoms with van der Waals surface area (Å²) in [5.41, 5.74) is 1.82. The van der Waals surface area contributed by atoms with Gasteiger partial charge in [0.05, 0.1) is 5.71 Å². The summed E-state index contributed by atoms with van der Waals surface area (Å²) in [6, 6.07) is 6.56. The van der Waals surface area contributed by atoms with E-state index >= 15 is 0 Å². The number of hydrogen-bond acceptors (Lipinski definition) is 4. The molecule has 0 N–H and O–H groups in total. The van der Waals surface area contributed by atoms with Crippen LogP contribution in [0.15, 0.2) is 46.5 Å². The van der Waals surface area contributed by atoms with E-state index in [0.29, 0.717) is 0 Å². The molecular weight excluding hydrogens is 286 g/mol. The minimum Gasteiger partial charge on any atom is -0.265 e. The Balaban J connectivity index is 2.14. The Labute approximate surface area is 126 Å². The van der Waals surface area contributed by atoms with E-state index in [2.05, 4.69) is 24.2 Å². The summed E-state index contributed by atoms with van der Waals surface area (Å²) >= 11 is 0. The predicted molar refractivity (Wildman–Crippen MR) is 83.7 cm³/mol. The van der Waals surface area contributed by atoms with Crippen LogP contribution in [0.2, 0.25) is 0 Å². The first-order chi connectivity index (χ1) is 9.99. The van der Waals surface area contributed by atoms with E-state index in [9.17, 15) is 8.42 Å². The first kappa shape index (κ1) is 15.8. The van der Waals surface area contributed by atoms with Gasteiger partial charge < -0.3 is 0 Å². The molecule has 1 aliphatic carbocycles. The lowest BCUT2D eigenvalue weighted by molar-refractivity contribution is 0.333. The molecule has 0 heterocycles. The highest BCUT2D eigenvalue weighted by Crippen LogP contribution is 2.19. The van der Waals surface area contributed by atoms with E-state index in [1.54, 1.807) is 12.1 Å². The lowest BCUT2D eigenvalue weighted by Gasteiger charge is -2.14. The molecule has 0 amide bonds. The Hall–Kier alpha value is -1.62. The van der Waals surface area contributed by atoms with Crippen molar-refractivity contribution in [1.29, 1.82) is 0 Å². The Kier molecular flexibility index (Phi) is 5.17. The van der Waals surface area contributed by atoms with Gasteiger partial charge in [-0.3, -0.25) is 4.28 Å². The van der Waals surface area contributed by atoms with Gasteiger partial charge in [-0.05, 0) is 50.7 Å². The lowest BCUT2D eigenvalue weighted by atomic mass is 9.94. The molecule has 114 valence electrons. The lowest BCUT2D eigenvalue weighted by Crippen LogP contribution is -2.14. The molecular formula is C16H21NO3S. The van der Waals surface area contributed by atoms with E-state index in [4.69, 9.17) is 4.28 Å². The standard InChI is InChI=1S/C16H21NO3S/c1-13-9-11-15(12-10-13)21(18,19)20-17-16-8-6-4-3-5-7-14(16)2/h3-4,9-12,14H,5-8H2,1-2H3/b4-3-,17-16-. The summed E-state index contributed by atoms with van der Waals surface area (Å²) in [6.07, 6.45) is 7.83. The molecule has 1 unspecified atom stereocenters. The second-order valence-electron chi connectivity index (χ2n) is 5.41. The third kappa shape index (κ3) is 4.43. The highest BCUT2D eigenvalue weighted by atomic mass is 32.2. The van der Waals surface area contributed by atoms with Crippen LogP contribution in [0.5, 0.6) is 0 Å². The van der Waals surface area contributed by atoms with E-state index in [-0.39, 0.29) is 10.8 Å². The number of oxime groups is 1. The zero-order chi connectivity index (χ0) is 15.3. The van der Waals surface area contributed by atoms with Gasteiger partial charge in [-0.15, -0.1) is 0 Å². The van der Waals surface area contributed by atoms with Crippen molar-refractivity contribution in [3.8, 4) is 0 Å². The van der Waals surface area contributed by atoms with Crippen LogP contribution >= 0.6 is 0 Å². The van der Waals surface area contributed by atoms with Crippen LogP contribution in [0, 0.1) is 12.8 Å². The molecule has 0 aromatic heterocycles. The van der Waals surface area contributed by atoms with E-state index in [1.807, 2.05) is 6.92 Å². The summed E-state index contributed by atoms with van der Waals surface area (Å²) in [6.45, 7) is 3.96. The second-order valence-corrected chi connectivity index (χ2v) is 6.94. The molecule has 0 fully saturated rings. The van der Waals surface area contributed by atoms with Gasteiger partial charge in [-0.25, -0.2) is 0 Å². The fourth-order valence-electron chi connectivity index (χ4n) is 2.21. The van der Waals surface area contributed by atoms with E-state index in [1.165, 1.54) is 12.1 Å². The SMILES string of the molecule is Cc1ccc(S(=O)(=O)O/N=C2/CC/C=C\CCC2C)cc1. The number of rotatable bonds is 3. The summed E-state index contributed by atoms with van der Waals surface area (Å²) in [7, 11) is -3.83. The van der Waals surface area contributed by atoms with Gasteiger partial charge in [0.2, 0.25) is 0 Å². The maximum Gasteiger partial charge on any atom is 0.358 e. The topological polar surface area (TPSA) is 55.7 Å². The molecule has 0 spiro atoms. The normalized spacial score (nSPS) is 23.3. The minimum atomic E-state index is -3.83. The van der Waals surface area contributed by atoms with Crippen molar-refractivity contribution in [2.24, 2.45) is 11.1 Å². The molecule has 5 heteroatoms. The van der Waals surface area contributed by atoms with Crippen molar-refractivity contribution in [3.63, 3.8) is 0 Å². The molecule has 1 aliphatic rings. The van der Waals surface area contributed by atoms with Gasteiger partial charge in [0, 0.05) is 0 Å². The molecule has 21 heavy (non-hydrogen) atoms. The minimum absolute atomic E-state index is 0.135. The molecule has 0 saturated carbocycles. The molecule has 2 rings (SSSR count). The van der Waals surface area contributed by atoms with Gasteiger partial charge in [0.1, 0.15) is 4.90 Å². The Morgan fingerprint density at radius 3 is 2.52 bits per heavy atom. The molecule has 0 saturated heterocycles. The molecule has 0 bridgehead atoms. The molecule has 1 aromatic rings. The average Bonchev–Trinajstić information content (AvgIpc) is 2.43. The monoisotopic (exact) mass is 307 g/mol. The van der Waals surface area contributed by atoms with E-state index < -0.39 is 10.1 Å². The van der Waals surface area contributed by atoms with Crippen molar-refractivity contribution < 1.29 is 12.7 Å². The fourth-order valence-corrected chi connectivity index (χ4v) is 2.96. The smallest absolute Gasteiger partial charge is 0.265 e. The van der Waals surface area contributed by atoms with Crippen LogP contribution in [0.1, 0.15) is 38.2 Å². The van der Waals surface area contributed by atoms with Crippen LogP contribution < -0.4 is 0 Å². The Bertz CT molecular complexity index is 630. The van der Waals surface area contributed by atoms with Gasteiger partial charge in [0.15, 0.2) is 0 Å². The molecule has 0 radical (unpaired) electrons. The summed E-state index contributed by atoms with van der Waals surface area (Å²) in [5, 5.41) is 3.93. The summed E-state index contributed by atoms with van der Waals surface area (Å²) in [5.74, 6) is 0.239. The fraction of sp³-hybridized carbons (Fsp3) is 0.438. The first-order valence-electron chi connectivity index (χ1n) is 7.21. The van der Waals surface area contributed by atoms with Crippen molar-refractivity contribution in [2.75, 3.05) is 0 Å². The Morgan fingerprint density at radius 1 is 1.14 bits per heavy atom. The van der Waals surface area contributed by atoms with Crippen LogP contribution in [-0.2, 0) is 14.4 Å². The van der Waals surface area contributed by atoms with Gasteiger partial charge in [-0.1, -0.05) is 41.9 Å². The zero-order valence-electron chi connectivity index (χ0n) is 12.5. The summed E-state index contributed by atoms with van der Waals surface area (Å²) < 4.78 is 29.1. The number of hydrogen-bond donors (Lipinski definition) is 0. The number of aryl methyl sites for hydroxylation is 1. The molecule has 0 aliphatic heterocycles. The highest BCUT2D eigenvalue weighted by Gasteiger charge is 2.18. The number of benzene rings is 1. The van der Waals surface area contributed by atoms with Crippen molar-refractivity contribution in [2.45, 2.75) is 44.4 Å². The molecule has 4 nitrogen and oxygen atoms in total. The average molecular weight is 307 g/mol.